The largest absolute Gasteiger partial charge is 0.492 e. The van der Waals surface area contributed by atoms with Gasteiger partial charge in [-0.25, -0.2) is 8.42 Å². The van der Waals surface area contributed by atoms with E-state index in [0.717, 1.165) is 35.6 Å². The molecule has 0 saturated heterocycles. The first kappa shape index (κ1) is 35.3. The Balaban J connectivity index is 1.60. The van der Waals surface area contributed by atoms with Crippen LogP contribution in [0.15, 0.2) is 108 Å². The lowest BCUT2D eigenvalue weighted by Crippen LogP contribution is -2.54. The molecule has 1 saturated carbocycles. The third kappa shape index (κ3) is 8.69. The minimum Gasteiger partial charge on any atom is -0.492 e. The molecule has 1 aliphatic rings. The number of ether oxygens (including phenoxy) is 1. The molecule has 0 unspecified atom stereocenters. The number of hydrogen-bond acceptors (Lipinski definition) is 5. The Hall–Kier alpha value is -4.05. The molecule has 11 heteroatoms. The number of rotatable bonds is 14. The van der Waals surface area contributed by atoms with E-state index in [0.29, 0.717) is 21.4 Å². The molecule has 0 spiro atoms. The summed E-state index contributed by atoms with van der Waals surface area (Å²) in [5.41, 5.74) is 1.67. The summed E-state index contributed by atoms with van der Waals surface area (Å²) in [5, 5.41) is 3.97. The number of hydrogen-bond donors (Lipinski definition) is 1. The van der Waals surface area contributed by atoms with Crippen molar-refractivity contribution in [3.05, 3.63) is 124 Å². The zero-order valence-electron chi connectivity index (χ0n) is 26.7. The van der Waals surface area contributed by atoms with Crippen molar-refractivity contribution in [3.8, 4) is 5.75 Å². The lowest BCUT2D eigenvalue weighted by Gasteiger charge is -2.34. The third-order valence-electron chi connectivity index (χ3n) is 8.39. The molecule has 1 aliphatic carbocycles. The summed E-state index contributed by atoms with van der Waals surface area (Å²) in [6.45, 7) is 1.44. The van der Waals surface area contributed by atoms with Crippen LogP contribution in [0, 0.1) is 0 Å². The number of halogens is 2. The Kier molecular flexibility index (Phi) is 12.0. The number of sulfonamides is 1. The van der Waals surface area contributed by atoms with Crippen molar-refractivity contribution in [3.63, 3.8) is 0 Å². The van der Waals surface area contributed by atoms with Gasteiger partial charge in [-0.1, -0.05) is 96.7 Å². The van der Waals surface area contributed by atoms with Crippen molar-refractivity contribution in [2.45, 2.75) is 62.6 Å². The maximum atomic E-state index is 14.8. The Bertz CT molecular complexity index is 1800. The van der Waals surface area contributed by atoms with E-state index in [4.69, 9.17) is 27.9 Å². The SMILES string of the molecule is CCOc1ccccc1N(CC(=O)N(Cc1ccccc1Cl)[C@@H](Cc1ccccc1)C(=O)NC1CCCC1)S(=O)(=O)c1ccc(Cl)cc1. The van der Waals surface area contributed by atoms with Crippen LogP contribution in [0.5, 0.6) is 5.75 Å². The van der Waals surface area contributed by atoms with Crippen LogP contribution in [0.25, 0.3) is 0 Å². The molecule has 0 heterocycles. The summed E-state index contributed by atoms with van der Waals surface area (Å²) in [5.74, 6) is -0.586. The Morgan fingerprint density at radius 2 is 1.52 bits per heavy atom. The van der Waals surface area contributed by atoms with Crippen molar-refractivity contribution in [2.75, 3.05) is 17.5 Å². The second-order valence-corrected chi connectivity index (χ2v) is 14.4. The van der Waals surface area contributed by atoms with E-state index in [-0.39, 0.29) is 42.1 Å². The lowest BCUT2D eigenvalue weighted by molar-refractivity contribution is -0.140. The number of nitrogens with zero attached hydrogens (tertiary/aromatic N) is 2. The minimum atomic E-state index is -4.32. The summed E-state index contributed by atoms with van der Waals surface area (Å²) < 4.78 is 35.6. The van der Waals surface area contributed by atoms with E-state index in [9.17, 15) is 18.0 Å². The standard InChI is InChI=1S/C37H39Cl2N3O5S/c1-2-47-35-19-11-10-18-33(35)42(48(45,46)31-22-20-29(38)21-23-31)26-36(43)41(25-28-14-6-9-17-32(28)39)34(24-27-12-4-3-5-13-27)37(44)40-30-15-7-8-16-30/h3-6,9-14,17-23,30,34H,2,7-8,15-16,24-26H2,1H3,(H,40,44)/t34-/m0/s1. The van der Waals surface area contributed by atoms with Gasteiger partial charge in [0.2, 0.25) is 11.8 Å². The molecule has 0 bridgehead atoms. The van der Waals surface area contributed by atoms with Gasteiger partial charge >= 0.3 is 0 Å². The fraction of sp³-hybridized carbons (Fsp3) is 0.297. The first-order valence-electron chi connectivity index (χ1n) is 16.0. The fourth-order valence-electron chi connectivity index (χ4n) is 5.92. The van der Waals surface area contributed by atoms with Gasteiger partial charge in [0, 0.05) is 29.1 Å². The molecule has 1 atom stereocenters. The molecule has 4 aromatic carbocycles. The highest BCUT2D eigenvalue weighted by atomic mass is 35.5. The number of benzene rings is 4. The second kappa shape index (κ2) is 16.4. The minimum absolute atomic E-state index is 0.00730. The maximum Gasteiger partial charge on any atom is 0.264 e. The number of para-hydroxylation sites is 2. The molecule has 4 aromatic rings. The van der Waals surface area contributed by atoms with Crippen LogP contribution in [0.2, 0.25) is 10.0 Å². The zero-order valence-corrected chi connectivity index (χ0v) is 29.1. The molecule has 0 radical (unpaired) electrons. The first-order chi connectivity index (χ1) is 23.2. The molecule has 1 fully saturated rings. The molecular formula is C37H39Cl2N3O5S. The van der Waals surface area contributed by atoms with E-state index in [1.165, 1.54) is 29.2 Å². The van der Waals surface area contributed by atoms with Gasteiger partial charge in [-0.2, -0.15) is 0 Å². The number of anilines is 1. The third-order valence-corrected chi connectivity index (χ3v) is 10.8. The normalized spacial score (nSPS) is 13.9. The molecule has 1 N–H and O–H groups in total. The van der Waals surface area contributed by atoms with E-state index < -0.39 is 28.5 Å². The van der Waals surface area contributed by atoms with E-state index in [2.05, 4.69) is 5.32 Å². The van der Waals surface area contributed by atoms with Gasteiger partial charge in [0.25, 0.3) is 10.0 Å². The number of carbonyl (C=O) groups is 2. The molecule has 252 valence electrons. The number of amides is 2. The van der Waals surface area contributed by atoms with Crippen molar-refractivity contribution < 1.29 is 22.7 Å². The Morgan fingerprint density at radius 1 is 0.875 bits per heavy atom. The summed E-state index contributed by atoms with van der Waals surface area (Å²) in [7, 11) is -4.32. The molecule has 48 heavy (non-hydrogen) atoms. The molecule has 0 aliphatic heterocycles. The first-order valence-corrected chi connectivity index (χ1v) is 18.2. The predicted octanol–water partition coefficient (Wildman–Crippen LogP) is 7.29. The summed E-state index contributed by atoms with van der Waals surface area (Å²) >= 11 is 12.7. The maximum absolute atomic E-state index is 14.8. The van der Waals surface area contributed by atoms with Crippen LogP contribution < -0.4 is 14.4 Å². The van der Waals surface area contributed by atoms with Crippen LogP contribution in [0.1, 0.15) is 43.7 Å². The van der Waals surface area contributed by atoms with E-state index in [1.807, 2.05) is 36.4 Å². The predicted molar refractivity (Wildman–Crippen MR) is 190 cm³/mol. The topological polar surface area (TPSA) is 96.0 Å². The monoisotopic (exact) mass is 707 g/mol. The summed E-state index contributed by atoms with van der Waals surface area (Å²) in [4.78, 5) is 30.3. The summed E-state index contributed by atoms with van der Waals surface area (Å²) in [6, 6.07) is 28.0. The van der Waals surface area contributed by atoms with Gasteiger partial charge in [-0.15, -0.1) is 0 Å². The quantitative estimate of drug-likeness (QED) is 0.149. The van der Waals surface area contributed by atoms with Gasteiger partial charge in [-0.3, -0.25) is 13.9 Å². The number of nitrogens with one attached hydrogen (secondary N) is 1. The van der Waals surface area contributed by atoms with Gasteiger partial charge in [0.1, 0.15) is 18.3 Å². The van der Waals surface area contributed by atoms with Crippen molar-refractivity contribution >= 4 is 50.7 Å². The van der Waals surface area contributed by atoms with Crippen LogP contribution in [-0.4, -0.2) is 50.4 Å². The Labute approximate surface area is 292 Å². The van der Waals surface area contributed by atoms with Crippen LogP contribution >= 0.6 is 23.2 Å². The highest BCUT2D eigenvalue weighted by Gasteiger charge is 2.36. The summed E-state index contributed by atoms with van der Waals surface area (Å²) in [6.07, 6.45) is 3.99. The lowest BCUT2D eigenvalue weighted by atomic mass is 10.0. The van der Waals surface area contributed by atoms with Crippen LogP contribution in [-0.2, 0) is 32.6 Å². The molecular weight excluding hydrogens is 669 g/mol. The van der Waals surface area contributed by atoms with Crippen LogP contribution in [0.4, 0.5) is 5.69 Å². The molecule has 2 amide bonds. The second-order valence-electron chi connectivity index (χ2n) is 11.7. The average Bonchev–Trinajstić information content (AvgIpc) is 3.60. The number of carbonyl (C=O) groups excluding carboxylic acids is 2. The van der Waals surface area contributed by atoms with E-state index in [1.54, 1.807) is 49.4 Å². The van der Waals surface area contributed by atoms with Gasteiger partial charge in [0.15, 0.2) is 0 Å². The zero-order chi connectivity index (χ0) is 34.1. The molecule has 0 aromatic heterocycles. The average molecular weight is 709 g/mol. The van der Waals surface area contributed by atoms with Crippen molar-refractivity contribution in [1.29, 1.82) is 0 Å². The van der Waals surface area contributed by atoms with Gasteiger partial charge in [0.05, 0.1) is 17.2 Å². The van der Waals surface area contributed by atoms with Crippen LogP contribution in [0.3, 0.4) is 0 Å². The Morgan fingerprint density at radius 3 is 2.21 bits per heavy atom. The highest BCUT2D eigenvalue weighted by molar-refractivity contribution is 7.92. The van der Waals surface area contributed by atoms with Crippen molar-refractivity contribution in [2.24, 2.45) is 0 Å². The van der Waals surface area contributed by atoms with Gasteiger partial charge < -0.3 is 15.0 Å². The van der Waals surface area contributed by atoms with Crippen molar-refractivity contribution in [1.82, 2.24) is 10.2 Å². The molecule has 5 rings (SSSR count). The fourth-order valence-corrected chi connectivity index (χ4v) is 7.67. The highest BCUT2D eigenvalue weighted by Crippen LogP contribution is 2.33. The smallest absolute Gasteiger partial charge is 0.264 e. The molecule has 8 nitrogen and oxygen atoms in total. The van der Waals surface area contributed by atoms with Gasteiger partial charge in [-0.05, 0) is 73.4 Å². The van der Waals surface area contributed by atoms with E-state index >= 15 is 0 Å².